The highest BCUT2D eigenvalue weighted by atomic mass is 19.4. The van der Waals surface area contributed by atoms with Crippen molar-refractivity contribution in [3.05, 3.63) is 77.4 Å². The van der Waals surface area contributed by atoms with Crippen LogP contribution in [0.5, 0.6) is 0 Å². The van der Waals surface area contributed by atoms with Crippen LogP contribution in [0.2, 0.25) is 0 Å². The molecule has 0 aromatic heterocycles. The average molecular weight is 331 g/mol. The first-order chi connectivity index (χ1) is 11.4. The molecule has 1 atom stereocenters. The summed E-state index contributed by atoms with van der Waals surface area (Å²) in [5, 5.41) is 2.69. The Bertz CT molecular complexity index is 766. The van der Waals surface area contributed by atoms with Crippen LogP contribution in [-0.2, 0) is 11.2 Å². The maximum atomic E-state index is 13.3. The van der Waals surface area contributed by atoms with Crippen molar-refractivity contribution in [1.29, 1.82) is 0 Å². The standard InChI is InChI=1S/C19H16F3NO/c20-19(21,22)16(14-7-2-1-3-8-14)12-18(24)23-17-11-10-13-6-4-5-9-15(13)17/h1-9,12,17H,10-11H2,(H,23,24)/b16-12+. The van der Waals surface area contributed by atoms with Gasteiger partial charge in [-0.05, 0) is 29.5 Å². The van der Waals surface area contributed by atoms with Gasteiger partial charge >= 0.3 is 6.18 Å². The van der Waals surface area contributed by atoms with Gasteiger partial charge in [-0.2, -0.15) is 13.2 Å². The summed E-state index contributed by atoms with van der Waals surface area (Å²) in [6.45, 7) is 0. The van der Waals surface area contributed by atoms with E-state index in [-0.39, 0.29) is 11.6 Å². The first-order valence-electron chi connectivity index (χ1n) is 7.68. The van der Waals surface area contributed by atoms with Gasteiger partial charge in [-0.1, -0.05) is 54.6 Å². The highest BCUT2D eigenvalue weighted by Gasteiger charge is 2.35. The Kier molecular flexibility index (Phi) is 4.42. The fraction of sp³-hybridized carbons (Fsp3) is 0.211. The van der Waals surface area contributed by atoms with Gasteiger partial charge in [0.1, 0.15) is 0 Å². The maximum absolute atomic E-state index is 13.3. The predicted molar refractivity (Wildman–Crippen MR) is 86.1 cm³/mol. The lowest BCUT2D eigenvalue weighted by atomic mass is 10.0. The first kappa shape index (κ1) is 16.3. The molecule has 1 aliphatic carbocycles. The number of carbonyl (C=O) groups excluding carboxylic acids is 1. The molecular weight excluding hydrogens is 315 g/mol. The topological polar surface area (TPSA) is 29.1 Å². The second-order valence-corrected chi connectivity index (χ2v) is 5.72. The number of benzene rings is 2. The van der Waals surface area contributed by atoms with Crippen LogP contribution in [0, 0.1) is 0 Å². The van der Waals surface area contributed by atoms with Crippen LogP contribution >= 0.6 is 0 Å². The molecule has 0 radical (unpaired) electrons. The lowest BCUT2D eigenvalue weighted by molar-refractivity contribution is -0.117. The van der Waals surface area contributed by atoms with Crippen LogP contribution in [0.15, 0.2) is 60.7 Å². The quantitative estimate of drug-likeness (QED) is 0.828. The highest BCUT2D eigenvalue weighted by molar-refractivity contribution is 5.96. The normalized spacial score (nSPS) is 17.5. The molecule has 1 unspecified atom stereocenters. The van der Waals surface area contributed by atoms with E-state index in [0.29, 0.717) is 12.5 Å². The van der Waals surface area contributed by atoms with Gasteiger partial charge in [0, 0.05) is 6.08 Å². The lowest BCUT2D eigenvalue weighted by Crippen LogP contribution is -2.26. The second kappa shape index (κ2) is 6.51. The van der Waals surface area contributed by atoms with Crippen molar-refractivity contribution < 1.29 is 18.0 Å². The van der Waals surface area contributed by atoms with Crippen molar-refractivity contribution in [2.75, 3.05) is 0 Å². The molecule has 5 heteroatoms. The Balaban J connectivity index is 1.82. The average Bonchev–Trinajstić information content (AvgIpc) is 2.96. The van der Waals surface area contributed by atoms with Crippen molar-refractivity contribution >= 4 is 11.5 Å². The molecule has 0 heterocycles. The van der Waals surface area contributed by atoms with Crippen LogP contribution in [0.1, 0.15) is 29.2 Å². The van der Waals surface area contributed by atoms with E-state index in [1.807, 2.05) is 24.3 Å². The number of halogens is 3. The number of hydrogen-bond donors (Lipinski definition) is 1. The first-order valence-corrected chi connectivity index (χ1v) is 7.68. The molecule has 2 aromatic rings. The van der Waals surface area contributed by atoms with E-state index in [9.17, 15) is 18.0 Å². The van der Waals surface area contributed by atoms with E-state index in [1.165, 1.54) is 24.3 Å². The van der Waals surface area contributed by atoms with Gasteiger partial charge in [-0.3, -0.25) is 4.79 Å². The number of rotatable bonds is 3. The minimum atomic E-state index is -4.59. The molecule has 0 bridgehead atoms. The zero-order valence-corrected chi connectivity index (χ0v) is 12.8. The van der Waals surface area contributed by atoms with Crippen LogP contribution in [0.4, 0.5) is 13.2 Å². The van der Waals surface area contributed by atoms with E-state index < -0.39 is 17.7 Å². The fourth-order valence-electron chi connectivity index (χ4n) is 3.00. The Morgan fingerprint density at radius 1 is 1.04 bits per heavy atom. The van der Waals surface area contributed by atoms with Crippen LogP contribution < -0.4 is 5.32 Å². The monoisotopic (exact) mass is 331 g/mol. The van der Waals surface area contributed by atoms with Crippen LogP contribution in [0.3, 0.4) is 0 Å². The van der Waals surface area contributed by atoms with Gasteiger partial charge in [0.2, 0.25) is 5.91 Å². The predicted octanol–water partition coefficient (Wildman–Crippen LogP) is 4.44. The third kappa shape index (κ3) is 3.50. The van der Waals surface area contributed by atoms with E-state index >= 15 is 0 Å². The number of aryl methyl sites for hydroxylation is 1. The number of hydrogen-bond acceptors (Lipinski definition) is 1. The molecule has 0 spiro atoms. The molecule has 0 saturated heterocycles. The number of nitrogens with one attached hydrogen (secondary N) is 1. The molecule has 1 N–H and O–H groups in total. The molecule has 1 aliphatic rings. The van der Waals surface area contributed by atoms with E-state index in [0.717, 1.165) is 17.5 Å². The Morgan fingerprint density at radius 3 is 2.42 bits per heavy atom. The number of alkyl halides is 3. The van der Waals surface area contributed by atoms with Crippen molar-refractivity contribution in [1.82, 2.24) is 5.32 Å². The molecule has 1 amide bonds. The molecule has 24 heavy (non-hydrogen) atoms. The molecule has 3 rings (SSSR count). The summed E-state index contributed by atoms with van der Waals surface area (Å²) < 4.78 is 39.8. The molecule has 0 fully saturated rings. The SMILES string of the molecule is O=C(/C=C(\c1ccccc1)C(F)(F)F)NC1CCc2ccccc21. The minimum Gasteiger partial charge on any atom is -0.346 e. The summed E-state index contributed by atoms with van der Waals surface area (Å²) in [6.07, 6.45) is -2.43. The largest absolute Gasteiger partial charge is 0.417 e. The summed E-state index contributed by atoms with van der Waals surface area (Å²) in [4.78, 5) is 12.2. The molecule has 0 saturated carbocycles. The van der Waals surface area contributed by atoms with Crippen molar-refractivity contribution in [2.45, 2.75) is 25.1 Å². The van der Waals surface area contributed by atoms with E-state index in [2.05, 4.69) is 5.32 Å². The number of carbonyl (C=O) groups is 1. The van der Waals surface area contributed by atoms with Crippen LogP contribution in [-0.4, -0.2) is 12.1 Å². The lowest BCUT2D eigenvalue weighted by Gasteiger charge is -2.15. The molecule has 124 valence electrons. The van der Waals surface area contributed by atoms with Gasteiger partial charge in [0.15, 0.2) is 0 Å². The van der Waals surface area contributed by atoms with Gasteiger partial charge in [-0.15, -0.1) is 0 Å². The zero-order chi connectivity index (χ0) is 17.2. The zero-order valence-electron chi connectivity index (χ0n) is 12.8. The fourth-order valence-corrected chi connectivity index (χ4v) is 3.00. The third-order valence-electron chi connectivity index (χ3n) is 4.11. The van der Waals surface area contributed by atoms with Gasteiger partial charge < -0.3 is 5.32 Å². The summed E-state index contributed by atoms with van der Waals surface area (Å²) in [5.41, 5.74) is 1.15. The summed E-state index contributed by atoms with van der Waals surface area (Å²) >= 11 is 0. The molecule has 2 nitrogen and oxygen atoms in total. The summed E-state index contributed by atoms with van der Waals surface area (Å²) in [5.74, 6) is -0.729. The molecule has 2 aromatic carbocycles. The van der Waals surface area contributed by atoms with Gasteiger partial charge in [-0.25, -0.2) is 0 Å². The maximum Gasteiger partial charge on any atom is 0.417 e. The van der Waals surface area contributed by atoms with Crippen molar-refractivity contribution in [3.63, 3.8) is 0 Å². The number of amides is 1. The van der Waals surface area contributed by atoms with Crippen LogP contribution in [0.25, 0.3) is 5.57 Å². The van der Waals surface area contributed by atoms with Crippen molar-refractivity contribution in [2.24, 2.45) is 0 Å². The Hall–Kier alpha value is -2.56. The molecule has 0 aliphatic heterocycles. The van der Waals surface area contributed by atoms with E-state index in [1.54, 1.807) is 6.07 Å². The molecular formula is C19H16F3NO. The highest BCUT2D eigenvalue weighted by Crippen LogP contribution is 2.34. The minimum absolute atomic E-state index is 0.0213. The number of allylic oxidation sites excluding steroid dienone is 1. The van der Waals surface area contributed by atoms with Gasteiger partial charge in [0.25, 0.3) is 0 Å². The number of fused-ring (bicyclic) bond motifs is 1. The second-order valence-electron chi connectivity index (χ2n) is 5.72. The summed E-state index contributed by atoms with van der Waals surface area (Å²) in [7, 11) is 0. The summed E-state index contributed by atoms with van der Waals surface area (Å²) in [6, 6.07) is 14.8. The smallest absolute Gasteiger partial charge is 0.346 e. The Morgan fingerprint density at radius 2 is 1.71 bits per heavy atom. The van der Waals surface area contributed by atoms with Gasteiger partial charge in [0.05, 0.1) is 11.6 Å². The Labute approximate surface area is 138 Å². The van der Waals surface area contributed by atoms with E-state index in [4.69, 9.17) is 0 Å². The third-order valence-corrected chi connectivity index (χ3v) is 4.11. The van der Waals surface area contributed by atoms with Crippen molar-refractivity contribution in [3.8, 4) is 0 Å².